The van der Waals surface area contributed by atoms with Crippen LogP contribution in [-0.2, 0) is 19.7 Å². The zero-order valence-corrected chi connectivity index (χ0v) is 21.0. The van der Waals surface area contributed by atoms with E-state index in [9.17, 15) is 4.79 Å². The van der Waals surface area contributed by atoms with Crippen molar-refractivity contribution >= 4 is 5.91 Å². The highest BCUT2D eigenvalue weighted by Gasteiger charge is 2.43. The number of aryl methyl sites for hydroxylation is 1. The molecular weight excluding hydrogens is 472 g/mol. The Bertz CT molecular complexity index is 1250. The van der Waals surface area contributed by atoms with Crippen LogP contribution in [-0.4, -0.2) is 63.6 Å². The van der Waals surface area contributed by atoms with Crippen molar-refractivity contribution in [2.24, 2.45) is 11.8 Å². The average molecular weight is 505 g/mol. The molecule has 1 aromatic carbocycles. The van der Waals surface area contributed by atoms with Gasteiger partial charge in [-0.2, -0.15) is 0 Å². The van der Waals surface area contributed by atoms with Gasteiger partial charge in [-0.15, -0.1) is 5.10 Å². The third-order valence-electron chi connectivity index (χ3n) is 7.61. The Morgan fingerprint density at radius 1 is 1.11 bits per heavy atom. The molecule has 1 saturated heterocycles. The quantitative estimate of drug-likeness (QED) is 0.540. The lowest BCUT2D eigenvalue weighted by Gasteiger charge is -2.38. The molecule has 4 aliphatic rings. The van der Waals surface area contributed by atoms with Crippen LogP contribution < -0.4 is 19.5 Å². The first-order chi connectivity index (χ1) is 18.2. The number of benzene rings is 1. The number of aromatic nitrogens is 4. The number of piperidine rings is 1. The van der Waals surface area contributed by atoms with Crippen molar-refractivity contribution in [1.82, 2.24) is 30.2 Å². The number of methoxy groups -OCH3 is 1. The van der Waals surface area contributed by atoms with Crippen molar-refractivity contribution in [2.45, 2.75) is 45.0 Å². The summed E-state index contributed by atoms with van der Waals surface area (Å²) in [6.45, 7) is 3.96. The topological polar surface area (TPSA) is 104 Å². The Hall–Kier alpha value is -3.66. The summed E-state index contributed by atoms with van der Waals surface area (Å²) < 4.78 is 19.6. The zero-order chi connectivity index (χ0) is 25.2. The second-order valence-electron chi connectivity index (χ2n) is 10.1. The first kappa shape index (κ1) is 23.7. The van der Waals surface area contributed by atoms with E-state index in [4.69, 9.17) is 14.2 Å². The SMILES string of the molecule is COc1cccc2c1OCc1cn(nn1)CCCOc1cccnc1C(=O)NC1[C@@H]3CC[C@H]1CN(C2)C3. The van der Waals surface area contributed by atoms with Crippen LogP contribution in [0.3, 0.4) is 0 Å². The van der Waals surface area contributed by atoms with Crippen LogP contribution in [0.2, 0.25) is 0 Å². The number of ether oxygens (including phenoxy) is 3. The number of fused-ring (bicyclic) bond motifs is 5. The van der Waals surface area contributed by atoms with Gasteiger partial charge in [-0.25, -0.2) is 4.98 Å². The normalized spacial score (nSPS) is 25.7. The molecule has 1 N–H and O–H groups in total. The molecule has 2 aromatic heterocycles. The lowest BCUT2D eigenvalue weighted by Crippen LogP contribution is -2.52. The van der Waals surface area contributed by atoms with Crippen molar-refractivity contribution in [3.63, 3.8) is 0 Å². The van der Waals surface area contributed by atoms with E-state index in [2.05, 4.69) is 31.6 Å². The lowest BCUT2D eigenvalue weighted by molar-refractivity contribution is 0.0814. The molecular formula is C27H32N6O4. The Morgan fingerprint density at radius 2 is 1.97 bits per heavy atom. The minimum absolute atomic E-state index is 0.142. The number of pyridine rings is 1. The molecule has 37 heavy (non-hydrogen) atoms. The number of nitrogens with one attached hydrogen (secondary N) is 1. The summed E-state index contributed by atoms with van der Waals surface area (Å²) in [6, 6.07) is 9.77. The molecule has 5 heterocycles. The van der Waals surface area contributed by atoms with Gasteiger partial charge < -0.3 is 19.5 Å². The second kappa shape index (κ2) is 10.4. The highest BCUT2D eigenvalue weighted by molar-refractivity contribution is 5.95. The molecule has 2 fully saturated rings. The van der Waals surface area contributed by atoms with Gasteiger partial charge in [0.15, 0.2) is 22.9 Å². The van der Waals surface area contributed by atoms with Gasteiger partial charge in [0.05, 0.1) is 19.9 Å². The third kappa shape index (κ3) is 4.98. The monoisotopic (exact) mass is 504 g/mol. The van der Waals surface area contributed by atoms with Crippen LogP contribution >= 0.6 is 0 Å². The fourth-order valence-corrected chi connectivity index (χ4v) is 5.90. The van der Waals surface area contributed by atoms with E-state index in [1.54, 1.807) is 24.1 Å². The van der Waals surface area contributed by atoms with E-state index in [0.717, 1.165) is 49.5 Å². The Kier molecular flexibility index (Phi) is 6.65. The van der Waals surface area contributed by atoms with E-state index in [1.165, 1.54) is 0 Å². The number of amides is 1. The molecule has 1 saturated carbocycles. The molecule has 6 bridgehead atoms. The largest absolute Gasteiger partial charge is 0.493 e. The van der Waals surface area contributed by atoms with Gasteiger partial charge in [-0.05, 0) is 42.9 Å². The Balaban J connectivity index is 1.29. The zero-order valence-electron chi connectivity index (χ0n) is 21.0. The smallest absolute Gasteiger partial charge is 0.273 e. The molecule has 3 aliphatic heterocycles. The predicted molar refractivity (Wildman–Crippen MR) is 134 cm³/mol. The molecule has 3 aromatic rings. The lowest BCUT2D eigenvalue weighted by atomic mass is 9.91. The molecule has 0 radical (unpaired) electrons. The van der Waals surface area contributed by atoms with Gasteiger partial charge in [0, 0.05) is 50.4 Å². The van der Waals surface area contributed by atoms with Crippen molar-refractivity contribution in [3.05, 3.63) is 59.7 Å². The summed E-state index contributed by atoms with van der Waals surface area (Å²) in [5.41, 5.74) is 2.18. The fraction of sp³-hybridized carbons (Fsp3) is 0.481. The molecule has 10 nitrogen and oxygen atoms in total. The van der Waals surface area contributed by atoms with Crippen molar-refractivity contribution in [1.29, 1.82) is 0 Å². The molecule has 1 amide bonds. The van der Waals surface area contributed by atoms with E-state index in [0.29, 0.717) is 55.2 Å². The van der Waals surface area contributed by atoms with E-state index < -0.39 is 0 Å². The standard InChI is InChI=1S/C27H32N6O4/c1-35-23-6-2-5-20-15-32-13-18-8-9-19(14-32)24(18)29-27(34)25-22(7-3-10-28-25)36-12-4-11-33-16-21(30-31-33)17-37-26(20)23/h2-3,5-7,10,16,18-19,24H,4,8-9,11-15,17H2,1H3,(H,29,34)/t18-,19+,24?. The number of para-hydroxylation sites is 1. The molecule has 2 unspecified atom stereocenters. The molecule has 0 spiro atoms. The summed E-state index contributed by atoms with van der Waals surface area (Å²) in [7, 11) is 1.66. The van der Waals surface area contributed by atoms with Crippen LogP contribution in [0.4, 0.5) is 0 Å². The van der Waals surface area contributed by atoms with Gasteiger partial charge in [-0.3, -0.25) is 14.4 Å². The maximum absolute atomic E-state index is 13.3. The van der Waals surface area contributed by atoms with E-state index in [1.807, 2.05) is 24.4 Å². The fourth-order valence-electron chi connectivity index (χ4n) is 5.90. The van der Waals surface area contributed by atoms with Gasteiger partial charge >= 0.3 is 0 Å². The first-order valence-corrected chi connectivity index (χ1v) is 13.0. The van der Waals surface area contributed by atoms with Gasteiger partial charge in [0.2, 0.25) is 0 Å². The number of hydrogen-bond acceptors (Lipinski definition) is 8. The summed E-state index contributed by atoms with van der Waals surface area (Å²) in [5.74, 6) is 2.59. The number of carbonyl (C=O) groups excluding carboxylic acids is 1. The minimum atomic E-state index is -0.162. The van der Waals surface area contributed by atoms with Crippen LogP contribution in [0.1, 0.15) is 41.0 Å². The van der Waals surface area contributed by atoms with Crippen LogP contribution in [0.25, 0.3) is 0 Å². The first-order valence-electron chi connectivity index (χ1n) is 13.0. The summed E-state index contributed by atoms with van der Waals surface area (Å²) in [4.78, 5) is 20.1. The maximum atomic E-state index is 13.3. The van der Waals surface area contributed by atoms with Crippen molar-refractivity contribution < 1.29 is 19.0 Å². The Morgan fingerprint density at radius 3 is 2.81 bits per heavy atom. The van der Waals surface area contributed by atoms with E-state index >= 15 is 0 Å². The number of carbonyl (C=O) groups is 1. The Labute approximate surface area is 215 Å². The number of rotatable bonds is 1. The molecule has 7 rings (SSSR count). The molecule has 4 atom stereocenters. The highest BCUT2D eigenvalue weighted by Crippen LogP contribution is 2.39. The van der Waals surface area contributed by atoms with Gasteiger partial charge in [0.25, 0.3) is 5.91 Å². The van der Waals surface area contributed by atoms with Crippen molar-refractivity contribution in [2.75, 3.05) is 26.8 Å². The average Bonchev–Trinajstić information content (AvgIpc) is 3.45. The maximum Gasteiger partial charge on any atom is 0.273 e. The minimum Gasteiger partial charge on any atom is -0.493 e. The van der Waals surface area contributed by atoms with Crippen LogP contribution in [0, 0.1) is 11.8 Å². The summed E-state index contributed by atoms with van der Waals surface area (Å²) in [6.07, 6.45) is 6.45. The molecule has 10 heteroatoms. The predicted octanol–water partition coefficient (Wildman–Crippen LogP) is 2.68. The van der Waals surface area contributed by atoms with E-state index in [-0.39, 0.29) is 11.9 Å². The van der Waals surface area contributed by atoms with Crippen molar-refractivity contribution in [3.8, 4) is 17.2 Å². The summed E-state index contributed by atoms with van der Waals surface area (Å²) >= 11 is 0. The number of hydrogen-bond donors (Lipinski definition) is 1. The second-order valence-corrected chi connectivity index (χ2v) is 10.1. The van der Waals surface area contributed by atoms with Crippen LogP contribution in [0.5, 0.6) is 17.2 Å². The summed E-state index contributed by atoms with van der Waals surface area (Å²) in [5, 5.41) is 11.8. The van der Waals surface area contributed by atoms with Crippen LogP contribution in [0.15, 0.2) is 42.7 Å². The third-order valence-corrected chi connectivity index (χ3v) is 7.61. The molecule has 1 aliphatic carbocycles. The molecule has 194 valence electrons. The van der Waals surface area contributed by atoms with Gasteiger partial charge in [0.1, 0.15) is 12.3 Å². The highest BCUT2D eigenvalue weighted by atomic mass is 16.5. The number of nitrogens with zero attached hydrogens (tertiary/aromatic N) is 5. The van der Waals surface area contributed by atoms with Gasteiger partial charge in [-0.1, -0.05) is 17.3 Å².